The number of methoxy groups -OCH3 is 1. The summed E-state index contributed by atoms with van der Waals surface area (Å²) in [7, 11) is 3.42. The van der Waals surface area contributed by atoms with Crippen molar-refractivity contribution in [3.63, 3.8) is 0 Å². The lowest BCUT2D eigenvalue weighted by molar-refractivity contribution is 0.0909. The van der Waals surface area contributed by atoms with E-state index in [0.717, 1.165) is 41.1 Å². The number of carbonyl (C=O) groups excluding carboxylic acids is 1. The summed E-state index contributed by atoms with van der Waals surface area (Å²) in [5.74, 6) is 0.637. The average Bonchev–Trinajstić information content (AvgIpc) is 3.37. The SMILES string of the molecule is COc1ccc2sc(N(C[C@H]3CCCO3)C(=O)c3cc(C)nn3C)nc2c1. The molecule has 1 fully saturated rings. The minimum atomic E-state index is -0.111. The van der Waals surface area contributed by atoms with Crippen molar-refractivity contribution in [3.8, 4) is 5.75 Å². The minimum absolute atomic E-state index is 0.0322. The molecule has 4 rings (SSSR count). The second-order valence-electron chi connectivity index (χ2n) is 6.68. The van der Waals surface area contributed by atoms with Crippen molar-refractivity contribution in [2.24, 2.45) is 7.05 Å². The lowest BCUT2D eigenvalue weighted by Gasteiger charge is -2.22. The fraction of sp³-hybridized carbons (Fsp3) is 0.421. The van der Waals surface area contributed by atoms with E-state index in [4.69, 9.17) is 14.5 Å². The van der Waals surface area contributed by atoms with Gasteiger partial charge in [0.25, 0.3) is 5.91 Å². The minimum Gasteiger partial charge on any atom is -0.497 e. The van der Waals surface area contributed by atoms with Gasteiger partial charge < -0.3 is 9.47 Å². The molecule has 0 spiro atoms. The van der Waals surface area contributed by atoms with Crippen LogP contribution >= 0.6 is 11.3 Å². The number of aryl methyl sites for hydroxylation is 2. The number of thiazole rings is 1. The molecule has 8 heteroatoms. The van der Waals surface area contributed by atoms with Gasteiger partial charge in [0.2, 0.25) is 0 Å². The zero-order chi connectivity index (χ0) is 19.0. The number of nitrogens with zero attached hydrogens (tertiary/aromatic N) is 4. The number of benzene rings is 1. The van der Waals surface area contributed by atoms with Crippen molar-refractivity contribution >= 4 is 32.6 Å². The Morgan fingerprint density at radius 3 is 2.96 bits per heavy atom. The molecule has 2 aromatic heterocycles. The topological polar surface area (TPSA) is 69.5 Å². The van der Waals surface area contributed by atoms with E-state index in [9.17, 15) is 4.79 Å². The number of anilines is 1. The van der Waals surface area contributed by atoms with E-state index in [0.29, 0.717) is 17.4 Å². The summed E-state index contributed by atoms with van der Waals surface area (Å²) in [5.41, 5.74) is 2.18. The van der Waals surface area contributed by atoms with Crippen LogP contribution in [0.3, 0.4) is 0 Å². The summed E-state index contributed by atoms with van der Waals surface area (Å²) in [5, 5.41) is 4.97. The molecule has 142 valence electrons. The Bertz CT molecular complexity index is 975. The van der Waals surface area contributed by atoms with Crippen molar-refractivity contribution < 1.29 is 14.3 Å². The van der Waals surface area contributed by atoms with Crippen LogP contribution in [0.5, 0.6) is 5.75 Å². The first kappa shape index (κ1) is 17.9. The summed E-state index contributed by atoms with van der Waals surface area (Å²) in [6.07, 6.45) is 2.01. The highest BCUT2D eigenvalue weighted by atomic mass is 32.1. The van der Waals surface area contributed by atoms with Crippen molar-refractivity contribution in [2.75, 3.05) is 25.2 Å². The fourth-order valence-electron chi connectivity index (χ4n) is 3.33. The molecule has 0 saturated carbocycles. The second kappa shape index (κ2) is 7.28. The molecular formula is C19H22N4O3S. The third kappa shape index (κ3) is 3.54. The molecule has 3 heterocycles. The first-order valence-electron chi connectivity index (χ1n) is 8.94. The molecule has 0 N–H and O–H groups in total. The summed E-state index contributed by atoms with van der Waals surface area (Å²) in [6, 6.07) is 7.57. The van der Waals surface area contributed by atoms with E-state index in [1.807, 2.05) is 25.1 Å². The predicted octanol–water partition coefficient (Wildman–Crippen LogP) is 3.17. The highest BCUT2D eigenvalue weighted by Crippen LogP contribution is 2.32. The van der Waals surface area contributed by atoms with Gasteiger partial charge in [-0.25, -0.2) is 4.98 Å². The normalized spacial score (nSPS) is 16.8. The molecule has 1 atom stereocenters. The van der Waals surface area contributed by atoms with Gasteiger partial charge in [-0.2, -0.15) is 5.10 Å². The van der Waals surface area contributed by atoms with Gasteiger partial charge in [-0.3, -0.25) is 14.4 Å². The molecule has 1 saturated heterocycles. The van der Waals surface area contributed by atoms with Crippen LogP contribution in [0.25, 0.3) is 10.2 Å². The number of rotatable bonds is 5. The van der Waals surface area contributed by atoms with Crippen molar-refractivity contribution in [2.45, 2.75) is 25.9 Å². The summed E-state index contributed by atoms with van der Waals surface area (Å²) < 4.78 is 13.7. The number of carbonyl (C=O) groups is 1. The van der Waals surface area contributed by atoms with Crippen molar-refractivity contribution in [3.05, 3.63) is 35.7 Å². The largest absolute Gasteiger partial charge is 0.497 e. The van der Waals surface area contributed by atoms with Crippen LogP contribution < -0.4 is 9.64 Å². The third-order valence-electron chi connectivity index (χ3n) is 4.69. The first-order chi connectivity index (χ1) is 13.0. The smallest absolute Gasteiger partial charge is 0.278 e. The van der Waals surface area contributed by atoms with Crippen molar-refractivity contribution in [1.29, 1.82) is 0 Å². The maximum Gasteiger partial charge on any atom is 0.278 e. The predicted molar refractivity (Wildman–Crippen MR) is 105 cm³/mol. The van der Waals surface area contributed by atoms with E-state index in [-0.39, 0.29) is 12.0 Å². The van der Waals surface area contributed by atoms with Crippen LogP contribution in [0.1, 0.15) is 29.0 Å². The molecule has 0 unspecified atom stereocenters. The highest BCUT2D eigenvalue weighted by Gasteiger charge is 2.28. The Morgan fingerprint density at radius 2 is 2.30 bits per heavy atom. The van der Waals surface area contributed by atoms with Gasteiger partial charge in [0.1, 0.15) is 11.4 Å². The molecule has 1 aromatic carbocycles. The van der Waals surface area contributed by atoms with Crippen LogP contribution in [0.15, 0.2) is 24.3 Å². The first-order valence-corrected chi connectivity index (χ1v) is 9.75. The number of aromatic nitrogens is 3. The van der Waals surface area contributed by atoms with Crippen LogP contribution in [-0.2, 0) is 11.8 Å². The number of hydrogen-bond donors (Lipinski definition) is 0. The van der Waals surface area contributed by atoms with Crippen molar-refractivity contribution in [1.82, 2.24) is 14.8 Å². The quantitative estimate of drug-likeness (QED) is 0.674. The van der Waals surface area contributed by atoms with Gasteiger partial charge in [0.15, 0.2) is 5.13 Å². The van der Waals surface area contributed by atoms with Gasteiger partial charge >= 0.3 is 0 Å². The van der Waals surface area contributed by atoms with E-state index < -0.39 is 0 Å². The van der Waals surface area contributed by atoms with Gasteiger partial charge in [0, 0.05) is 19.7 Å². The zero-order valence-corrected chi connectivity index (χ0v) is 16.5. The van der Waals surface area contributed by atoms with E-state index in [1.54, 1.807) is 29.8 Å². The molecule has 0 bridgehead atoms. The maximum absolute atomic E-state index is 13.3. The molecule has 0 radical (unpaired) electrons. The fourth-order valence-corrected chi connectivity index (χ4v) is 4.28. The van der Waals surface area contributed by atoms with Gasteiger partial charge in [-0.15, -0.1) is 0 Å². The Morgan fingerprint density at radius 1 is 1.44 bits per heavy atom. The molecule has 0 aliphatic carbocycles. The Balaban J connectivity index is 1.72. The van der Waals surface area contributed by atoms with Gasteiger partial charge in [-0.1, -0.05) is 11.3 Å². The van der Waals surface area contributed by atoms with Crippen LogP contribution in [0, 0.1) is 6.92 Å². The molecule has 3 aromatic rings. The number of fused-ring (bicyclic) bond motifs is 1. The maximum atomic E-state index is 13.3. The molecule has 1 amide bonds. The monoisotopic (exact) mass is 386 g/mol. The summed E-state index contributed by atoms with van der Waals surface area (Å²) in [6.45, 7) is 3.11. The van der Waals surface area contributed by atoms with Crippen LogP contribution in [0.2, 0.25) is 0 Å². The summed E-state index contributed by atoms with van der Waals surface area (Å²) in [4.78, 5) is 19.7. The second-order valence-corrected chi connectivity index (χ2v) is 7.68. The highest BCUT2D eigenvalue weighted by molar-refractivity contribution is 7.22. The van der Waals surface area contributed by atoms with Crippen LogP contribution in [-0.4, -0.2) is 47.0 Å². The number of amides is 1. The molecular weight excluding hydrogens is 364 g/mol. The Labute approximate surface area is 161 Å². The standard InChI is InChI=1S/C19H22N4O3S/c1-12-9-16(22(2)21-12)18(24)23(11-14-5-4-8-26-14)19-20-15-10-13(25-3)6-7-17(15)27-19/h6-7,9-10,14H,4-5,8,11H2,1-3H3/t14-/m1/s1. The summed E-state index contributed by atoms with van der Waals surface area (Å²) >= 11 is 1.50. The lowest BCUT2D eigenvalue weighted by Crippen LogP contribution is -2.38. The van der Waals surface area contributed by atoms with E-state index >= 15 is 0 Å². The number of ether oxygens (including phenoxy) is 2. The average molecular weight is 386 g/mol. The zero-order valence-electron chi connectivity index (χ0n) is 15.6. The van der Waals surface area contributed by atoms with Crippen LogP contribution in [0.4, 0.5) is 5.13 Å². The van der Waals surface area contributed by atoms with E-state index in [1.165, 1.54) is 11.3 Å². The van der Waals surface area contributed by atoms with E-state index in [2.05, 4.69) is 5.10 Å². The lowest BCUT2D eigenvalue weighted by atomic mass is 10.2. The Kier molecular flexibility index (Phi) is 4.84. The number of hydrogen-bond acceptors (Lipinski definition) is 6. The molecule has 1 aliphatic rings. The third-order valence-corrected chi connectivity index (χ3v) is 5.75. The Hall–Kier alpha value is -2.45. The molecule has 27 heavy (non-hydrogen) atoms. The van der Waals surface area contributed by atoms with Gasteiger partial charge in [0.05, 0.1) is 35.7 Å². The molecule has 7 nitrogen and oxygen atoms in total. The van der Waals surface area contributed by atoms with Gasteiger partial charge in [-0.05, 0) is 38.0 Å². The molecule has 1 aliphatic heterocycles.